The topological polar surface area (TPSA) is 66.9 Å². The maximum absolute atomic E-state index is 13.6. The van der Waals surface area contributed by atoms with Crippen LogP contribution in [-0.2, 0) is 21.2 Å². The molecule has 0 N–H and O–H groups in total. The third-order valence-electron chi connectivity index (χ3n) is 5.60. The lowest BCUT2D eigenvalue weighted by Crippen LogP contribution is -2.42. The van der Waals surface area contributed by atoms with Crippen LogP contribution in [-0.4, -0.2) is 45.9 Å². The molecule has 0 atom stereocenters. The molecule has 3 rings (SSSR count). The summed E-state index contributed by atoms with van der Waals surface area (Å²) in [7, 11) is -0.661. The number of hydrogen-bond donors (Lipinski definition) is 0. The third kappa shape index (κ3) is 6.00. The van der Waals surface area contributed by atoms with E-state index in [0.717, 1.165) is 11.1 Å². The van der Waals surface area contributed by atoms with E-state index in [1.165, 1.54) is 9.21 Å². The molecule has 0 aliphatic heterocycles. The van der Waals surface area contributed by atoms with Gasteiger partial charge in [-0.15, -0.1) is 0 Å². The van der Waals surface area contributed by atoms with Gasteiger partial charge >= 0.3 is 0 Å². The van der Waals surface area contributed by atoms with Gasteiger partial charge in [-0.25, -0.2) is 8.42 Å². The van der Waals surface area contributed by atoms with E-state index in [1.807, 2.05) is 43.3 Å². The predicted octanol–water partition coefficient (Wildman–Crippen LogP) is 4.21. The quantitative estimate of drug-likeness (QED) is 0.474. The number of carbonyl (C=O) groups is 1. The van der Waals surface area contributed by atoms with E-state index < -0.39 is 10.0 Å². The molecular formula is C26H30N2O4S. The third-order valence-corrected chi connectivity index (χ3v) is 7.59. The van der Waals surface area contributed by atoms with Gasteiger partial charge in [0.15, 0.2) is 0 Å². The number of sulfonamides is 1. The lowest BCUT2D eigenvalue weighted by Gasteiger charge is -2.26. The van der Waals surface area contributed by atoms with Crippen molar-refractivity contribution < 1.29 is 17.9 Å². The summed E-state index contributed by atoms with van der Waals surface area (Å²) in [6, 6.07) is 22.1. The number of likely N-dealkylation sites (N-methyl/N-ethyl adjacent to an activating group) is 1. The molecule has 0 aliphatic carbocycles. The van der Waals surface area contributed by atoms with E-state index in [4.69, 9.17) is 4.74 Å². The van der Waals surface area contributed by atoms with Crippen LogP contribution in [0.3, 0.4) is 0 Å². The number of ether oxygens (including phenoxy) is 1. The highest BCUT2D eigenvalue weighted by Crippen LogP contribution is 2.23. The number of methoxy groups -OCH3 is 1. The molecule has 0 heterocycles. The van der Waals surface area contributed by atoms with Gasteiger partial charge in [0, 0.05) is 19.3 Å². The van der Waals surface area contributed by atoms with Crippen molar-refractivity contribution in [3.8, 4) is 5.75 Å². The van der Waals surface area contributed by atoms with Gasteiger partial charge in [0.25, 0.3) is 0 Å². The zero-order chi connectivity index (χ0) is 24.0. The van der Waals surface area contributed by atoms with Crippen molar-refractivity contribution in [2.45, 2.75) is 25.2 Å². The first-order chi connectivity index (χ1) is 15.7. The Morgan fingerprint density at radius 1 is 0.939 bits per heavy atom. The van der Waals surface area contributed by atoms with Crippen LogP contribution in [0.5, 0.6) is 5.75 Å². The molecule has 0 saturated carbocycles. The number of anilines is 1. The number of rotatable bonds is 9. The van der Waals surface area contributed by atoms with E-state index in [0.29, 0.717) is 23.4 Å². The van der Waals surface area contributed by atoms with Crippen molar-refractivity contribution in [2.75, 3.05) is 32.1 Å². The second-order valence-corrected chi connectivity index (χ2v) is 9.90. The van der Waals surface area contributed by atoms with Crippen LogP contribution >= 0.6 is 0 Å². The Morgan fingerprint density at radius 3 is 2.24 bits per heavy atom. The number of amides is 1. The largest absolute Gasteiger partial charge is 0.497 e. The smallest absolute Gasteiger partial charge is 0.243 e. The zero-order valence-corrected chi connectivity index (χ0v) is 20.3. The van der Waals surface area contributed by atoms with Gasteiger partial charge < -0.3 is 9.64 Å². The van der Waals surface area contributed by atoms with Gasteiger partial charge in [0.2, 0.25) is 15.9 Å². The van der Waals surface area contributed by atoms with Crippen molar-refractivity contribution in [3.05, 3.63) is 89.5 Å². The van der Waals surface area contributed by atoms with Gasteiger partial charge in [-0.05, 0) is 67.3 Å². The summed E-state index contributed by atoms with van der Waals surface area (Å²) in [6.45, 7) is 3.56. The summed E-state index contributed by atoms with van der Waals surface area (Å²) in [4.78, 5) is 14.8. The summed E-state index contributed by atoms with van der Waals surface area (Å²) in [5.74, 6) is 0.365. The highest BCUT2D eigenvalue weighted by atomic mass is 32.2. The molecule has 0 bridgehead atoms. The van der Waals surface area contributed by atoms with Crippen LogP contribution in [0, 0.1) is 13.8 Å². The minimum absolute atomic E-state index is 0.196. The first-order valence-electron chi connectivity index (χ1n) is 10.7. The lowest BCUT2D eigenvalue weighted by atomic mass is 10.1. The second-order valence-electron chi connectivity index (χ2n) is 7.99. The van der Waals surface area contributed by atoms with Crippen LogP contribution in [0.1, 0.15) is 16.7 Å². The summed E-state index contributed by atoms with van der Waals surface area (Å²) >= 11 is 0. The van der Waals surface area contributed by atoms with Crippen molar-refractivity contribution >= 4 is 21.6 Å². The van der Waals surface area contributed by atoms with Gasteiger partial charge in [-0.3, -0.25) is 4.79 Å². The minimum Gasteiger partial charge on any atom is -0.497 e. The molecule has 1 amide bonds. The Hall–Kier alpha value is -3.16. The molecule has 6 nitrogen and oxygen atoms in total. The number of aryl methyl sites for hydroxylation is 2. The lowest BCUT2D eigenvalue weighted by molar-refractivity contribution is -0.118. The van der Waals surface area contributed by atoms with E-state index in [9.17, 15) is 13.2 Å². The maximum atomic E-state index is 13.6. The number of carbonyl (C=O) groups excluding carboxylic acids is 1. The molecule has 0 radical (unpaired) electrons. The van der Waals surface area contributed by atoms with Crippen LogP contribution in [0.2, 0.25) is 0 Å². The maximum Gasteiger partial charge on any atom is 0.243 e. The minimum atomic E-state index is -3.88. The molecule has 0 saturated heterocycles. The second kappa shape index (κ2) is 10.6. The van der Waals surface area contributed by atoms with Crippen LogP contribution in [0.25, 0.3) is 0 Å². The zero-order valence-electron chi connectivity index (χ0n) is 19.5. The number of nitrogens with zero attached hydrogens (tertiary/aromatic N) is 2. The molecule has 0 fully saturated rings. The Kier molecular flexibility index (Phi) is 7.89. The van der Waals surface area contributed by atoms with E-state index in [1.54, 1.807) is 57.5 Å². The van der Waals surface area contributed by atoms with Crippen LogP contribution < -0.4 is 9.64 Å². The fourth-order valence-corrected chi connectivity index (χ4v) is 5.21. The number of benzene rings is 3. The van der Waals surface area contributed by atoms with E-state index in [2.05, 4.69) is 0 Å². The standard InChI is InChI=1S/C26H30N2O4S/c1-20-10-11-21(2)25(18-20)33(30,31)28(17-16-22-8-6-5-7-9-22)19-26(29)27(3)23-12-14-24(32-4)15-13-23/h5-15,18H,16-17,19H2,1-4H3. The van der Waals surface area contributed by atoms with Crippen molar-refractivity contribution in [1.29, 1.82) is 0 Å². The predicted molar refractivity (Wildman–Crippen MR) is 131 cm³/mol. The van der Waals surface area contributed by atoms with Crippen LogP contribution in [0.15, 0.2) is 77.7 Å². The molecule has 7 heteroatoms. The van der Waals surface area contributed by atoms with E-state index in [-0.39, 0.29) is 23.9 Å². The Labute approximate surface area is 196 Å². The fraction of sp³-hybridized carbons (Fsp3) is 0.269. The monoisotopic (exact) mass is 466 g/mol. The van der Waals surface area contributed by atoms with Crippen molar-refractivity contribution in [3.63, 3.8) is 0 Å². The van der Waals surface area contributed by atoms with Gasteiger partial charge in [-0.1, -0.05) is 42.5 Å². The summed E-state index contributed by atoms with van der Waals surface area (Å²) in [6.07, 6.45) is 0.504. The molecule has 0 aliphatic rings. The molecule has 3 aromatic carbocycles. The fourth-order valence-electron chi connectivity index (χ4n) is 3.51. The molecule has 0 aromatic heterocycles. The first-order valence-corrected chi connectivity index (χ1v) is 12.2. The average molecular weight is 467 g/mol. The SMILES string of the molecule is COc1ccc(N(C)C(=O)CN(CCc2ccccc2)S(=O)(=O)c2cc(C)ccc2C)cc1. The molecule has 33 heavy (non-hydrogen) atoms. The average Bonchev–Trinajstić information content (AvgIpc) is 2.83. The van der Waals surface area contributed by atoms with Crippen molar-refractivity contribution in [2.24, 2.45) is 0 Å². The molecular weight excluding hydrogens is 436 g/mol. The molecule has 0 spiro atoms. The van der Waals surface area contributed by atoms with Gasteiger partial charge in [0.1, 0.15) is 5.75 Å². The van der Waals surface area contributed by atoms with Gasteiger partial charge in [-0.2, -0.15) is 4.31 Å². The summed E-state index contributed by atoms with van der Waals surface area (Å²) < 4.78 is 33.7. The number of hydrogen-bond acceptors (Lipinski definition) is 4. The molecule has 3 aromatic rings. The normalized spacial score (nSPS) is 11.4. The van der Waals surface area contributed by atoms with Gasteiger partial charge in [0.05, 0.1) is 18.6 Å². The molecule has 174 valence electrons. The summed E-state index contributed by atoms with van der Waals surface area (Å²) in [5, 5.41) is 0. The Morgan fingerprint density at radius 2 is 1.61 bits per heavy atom. The Balaban J connectivity index is 1.88. The summed E-state index contributed by atoms with van der Waals surface area (Å²) in [5.41, 5.74) is 3.17. The Bertz CT molecular complexity index is 1190. The van der Waals surface area contributed by atoms with Crippen LogP contribution in [0.4, 0.5) is 5.69 Å². The van der Waals surface area contributed by atoms with Crippen molar-refractivity contribution in [1.82, 2.24) is 4.31 Å². The first kappa shape index (κ1) is 24.5. The molecule has 0 unspecified atom stereocenters. The highest BCUT2D eigenvalue weighted by Gasteiger charge is 2.29. The highest BCUT2D eigenvalue weighted by molar-refractivity contribution is 7.89. The van der Waals surface area contributed by atoms with E-state index >= 15 is 0 Å².